The molecule has 0 aliphatic carbocycles. The highest BCUT2D eigenvalue weighted by Crippen LogP contribution is 2.41. The van der Waals surface area contributed by atoms with Crippen LogP contribution >= 0.6 is 22.9 Å². The molecular weight excluding hydrogens is 262 g/mol. The topological polar surface area (TPSA) is 3.24 Å². The molecule has 0 radical (unpaired) electrons. The van der Waals surface area contributed by atoms with E-state index in [-0.39, 0.29) is 0 Å². The van der Waals surface area contributed by atoms with Gasteiger partial charge in [0.15, 0.2) is 0 Å². The Balaban J connectivity index is 2.35. The molecule has 2 aromatic rings. The predicted octanol–water partition coefficient (Wildman–Crippen LogP) is 4.67. The van der Waals surface area contributed by atoms with Crippen molar-refractivity contribution in [1.82, 2.24) is 4.90 Å². The van der Waals surface area contributed by atoms with Crippen molar-refractivity contribution in [2.75, 3.05) is 13.6 Å². The largest absolute Gasteiger partial charge is 0.302 e. The van der Waals surface area contributed by atoms with Crippen molar-refractivity contribution in [2.24, 2.45) is 0 Å². The minimum atomic E-state index is 0.593. The standard InChI is InChI=1S/C15H18ClNS/c1-9(2)15-11-8-17(3)7-6-10-12(16)4-5-13(18-15)14(10)11/h4-5,9H,6-8H2,1-3H3. The number of rotatable bonds is 1. The number of likely N-dealkylation sites (N-methyl/N-ethyl adjacent to an activating group) is 1. The molecule has 1 aromatic heterocycles. The molecule has 0 atom stereocenters. The lowest BCUT2D eigenvalue weighted by Gasteiger charge is -2.15. The van der Waals surface area contributed by atoms with Crippen LogP contribution in [0.25, 0.3) is 10.1 Å². The molecule has 96 valence electrons. The lowest BCUT2D eigenvalue weighted by atomic mass is 10.0. The van der Waals surface area contributed by atoms with Gasteiger partial charge >= 0.3 is 0 Å². The van der Waals surface area contributed by atoms with Crippen LogP contribution in [-0.4, -0.2) is 18.5 Å². The summed E-state index contributed by atoms with van der Waals surface area (Å²) in [7, 11) is 2.20. The van der Waals surface area contributed by atoms with Gasteiger partial charge in [-0.3, -0.25) is 0 Å². The van der Waals surface area contributed by atoms with Gasteiger partial charge in [0.2, 0.25) is 0 Å². The number of nitrogens with zero attached hydrogens (tertiary/aromatic N) is 1. The maximum atomic E-state index is 6.40. The van der Waals surface area contributed by atoms with Gasteiger partial charge < -0.3 is 4.90 Å². The van der Waals surface area contributed by atoms with E-state index in [1.54, 1.807) is 0 Å². The van der Waals surface area contributed by atoms with Gasteiger partial charge in [-0.05, 0) is 42.6 Å². The second-order valence-corrected chi connectivity index (χ2v) is 6.98. The van der Waals surface area contributed by atoms with Crippen LogP contribution in [-0.2, 0) is 13.0 Å². The van der Waals surface area contributed by atoms with Crippen molar-refractivity contribution in [1.29, 1.82) is 0 Å². The maximum Gasteiger partial charge on any atom is 0.0445 e. The number of benzene rings is 1. The third-order valence-corrected chi connectivity index (χ3v) is 5.58. The number of thiophene rings is 1. The fourth-order valence-electron chi connectivity index (χ4n) is 2.84. The first kappa shape index (κ1) is 12.5. The summed E-state index contributed by atoms with van der Waals surface area (Å²) >= 11 is 8.35. The molecule has 0 saturated carbocycles. The second kappa shape index (κ2) is 4.52. The van der Waals surface area contributed by atoms with Gasteiger partial charge in [0.05, 0.1) is 0 Å². The maximum absolute atomic E-state index is 6.40. The van der Waals surface area contributed by atoms with Gasteiger partial charge in [0.25, 0.3) is 0 Å². The first-order valence-corrected chi connectivity index (χ1v) is 7.68. The van der Waals surface area contributed by atoms with Gasteiger partial charge in [-0.15, -0.1) is 11.3 Å². The summed E-state index contributed by atoms with van der Waals surface area (Å²) in [5, 5.41) is 2.38. The lowest BCUT2D eigenvalue weighted by Crippen LogP contribution is -2.19. The summed E-state index contributed by atoms with van der Waals surface area (Å²) < 4.78 is 1.41. The van der Waals surface area contributed by atoms with E-state index in [9.17, 15) is 0 Å². The molecule has 0 N–H and O–H groups in total. The number of hydrogen-bond acceptors (Lipinski definition) is 2. The SMILES string of the molecule is CC(C)c1sc2ccc(Cl)c3c2c1CN(C)CC3. The molecule has 18 heavy (non-hydrogen) atoms. The van der Waals surface area contributed by atoms with E-state index in [1.165, 1.54) is 26.1 Å². The third-order valence-electron chi connectivity index (χ3n) is 3.73. The fourth-order valence-corrected chi connectivity index (χ4v) is 4.34. The highest BCUT2D eigenvalue weighted by atomic mass is 35.5. The average molecular weight is 280 g/mol. The van der Waals surface area contributed by atoms with Gasteiger partial charge in [-0.25, -0.2) is 0 Å². The van der Waals surface area contributed by atoms with Crippen LogP contribution in [0.2, 0.25) is 5.02 Å². The summed E-state index contributed by atoms with van der Waals surface area (Å²) in [6, 6.07) is 4.25. The lowest BCUT2D eigenvalue weighted by molar-refractivity contribution is 0.336. The summed E-state index contributed by atoms with van der Waals surface area (Å²) in [6.07, 6.45) is 1.06. The van der Waals surface area contributed by atoms with Crippen molar-refractivity contribution in [3.8, 4) is 0 Å². The summed E-state index contributed by atoms with van der Waals surface area (Å²) in [4.78, 5) is 3.94. The minimum Gasteiger partial charge on any atom is -0.302 e. The fraction of sp³-hybridized carbons (Fsp3) is 0.467. The van der Waals surface area contributed by atoms with Crippen molar-refractivity contribution in [3.05, 3.63) is 33.2 Å². The second-order valence-electron chi connectivity index (χ2n) is 5.49. The van der Waals surface area contributed by atoms with Crippen molar-refractivity contribution >= 4 is 33.0 Å². The Kier molecular flexibility index (Phi) is 3.13. The summed E-state index contributed by atoms with van der Waals surface area (Å²) in [5.74, 6) is 0.593. The van der Waals surface area contributed by atoms with E-state index in [0.717, 1.165) is 24.5 Å². The highest BCUT2D eigenvalue weighted by molar-refractivity contribution is 7.19. The van der Waals surface area contributed by atoms with Crippen LogP contribution in [0.5, 0.6) is 0 Å². The van der Waals surface area contributed by atoms with Crippen molar-refractivity contribution < 1.29 is 0 Å². The van der Waals surface area contributed by atoms with E-state index in [4.69, 9.17) is 11.6 Å². The van der Waals surface area contributed by atoms with E-state index < -0.39 is 0 Å². The molecule has 0 saturated heterocycles. The van der Waals surface area contributed by atoms with Crippen molar-refractivity contribution in [3.63, 3.8) is 0 Å². The zero-order chi connectivity index (χ0) is 12.9. The smallest absolute Gasteiger partial charge is 0.0445 e. The molecule has 1 aromatic carbocycles. The minimum absolute atomic E-state index is 0.593. The summed E-state index contributed by atoms with van der Waals surface area (Å²) in [5.41, 5.74) is 2.87. The molecule has 0 bridgehead atoms. The van der Waals surface area contributed by atoms with Gasteiger partial charge in [-0.2, -0.15) is 0 Å². The van der Waals surface area contributed by atoms with Crippen LogP contribution in [0.3, 0.4) is 0 Å². The Morgan fingerprint density at radius 1 is 1.28 bits per heavy atom. The average Bonchev–Trinajstić information content (AvgIpc) is 2.57. The third kappa shape index (κ3) is 1.87. The molecule has 1 nitrogen and oxygen atoms in total. The van der Waals surface area contributed by atoms with E-state index in [1.807, 2.05) is 11.3 Å². The van der Waals surface area contributed by atoms with Gasteiger partial charge in [-0.1, -0.05) is 25.4 Å². The molecule has 1 aliphatic rings. The highest BCUT2D eigenvalue weighted by Gasteiger charge is 2.22. The molecule has 0 amide bonds. The van der Waals surface area contributed by atoms with Crippen LogP contribution in [0.1, 0.15) is 35.8 Å². The van der Waals surface area contributed by atoms with Crippen LogP contribution < -0.4 is 0 Å². The molecular formula is C15H18ClNS. The Bertz CT molecular complexity index is 600. The Morgan fingerprint density at radius 3 is 2.78 bits per heavy atom. The Hall–Kier alpha value is -0.570. The summed E-state index contributed by atoms with van der Waals surface area (Å²) in [6.45, 7) is 6.72. The molecule has 0 fully saturated rings. The molecule has 3 heteroatoms. The van der Waals surface area contributed by atoms with Gasteiger partial charge in [0, 0.05) is 33.1 Å². The molecule has 0 spiro atoms. The Morgan fingerprint density at radius 2 is 2.06 bits per heavy atom. The Labute approximate surface area is 117 Å². The van der Waals surface area contributed by atoms with Crippen molar-refractivity contribution in [2.45, 2.75) is 32.7 Å². The molecule has 3 rings (SSSR count). The number of hydrogen-bond donors (Lipinski definition) is 0. The molecule has 1 aliphatic heterocycles. The molecule has 2 heterocycles. The quantitative estimate of drug-likeness (QED) is 0.733. The van der Waals surface area contributed by atoms with E-state index in [0.29, 0.717) is 5.92 Å². The van der Waals surface area contributed by atoms with E-state index in [2.05, 4.69) is 37.9 Å². The van der Waals surface area contributed by atoms with Crippen LogP contribution in [0.15, 0.2) is 12.1 Å². The van der Waals surface area contributed by atoms with E-state index >= 15 is 0 Å². The van der Waals surface area contributed by atoms with Crippen LogP contribution in [0.4, 0.5) is 0 Å². The first-order valence-electron chi connectivity index (χ1n) is 6.49. The normalized spacial score (nSPS) is 16.5. The zero-order valence-corrected chi connectivity index (χ0v) is 12.7. The van der Waals surface area contributed by atoms with Gasteiger partial charge in [0.1, 0.15) is 0 Å². The predicted molar refractivity (Wildman–Crippen MR) is 81.0 cm³/mol. The monoisotopic (exact) mass is 279 g/mol. The first-order chi connectivity index (χ1) is 8.58. The van der Waals surface area contributed by atoms with Crippen LogP contribution in [0, 0.1) is 0 Å². The molecule has 0 unspecified atom stereocenters. The number of halogens is 1. The zero-order valence-electron chi connectivity index (χ0n) is 11.1.